The molecular weight excluding hydrogens is 378 g/mol. The summed E-state index contributed by atoms with van der Waals surface area (Å²) >= 11 is 0. The molecule has 4 nitrogen and oxygen atoms in total. The average molecular weight is 396 g/mol. The predicted octanol–water partition coefficient (Wildman–Crippen LogP) is 4.68. The molecule has 10 heteroatoms. The fourth-order valence-corrected chi connectivity index (χ4v) is 2.15. The largest absolute Gasteiger partial charge is 0.459 e. The van der Waals surface area contributed by atoms with Gasteiger partial charge in [-0.25, -0.2) is 0 Å². The molecule has 0 radical (unpaired) electrons. The second-order valence-electron chi connectivity index (χ2n) is 6.71. The predicted molar refractivity (Wildman–Crippen MR) is 84.9 cm³/mol. The minimum absolute atomic E-state index is 0.267. The highest BCUT2D eigenvalue weighted by atomic mass is 19.4. The molecule has 0 amide bonds. The van der Waals surface area contributed by atoms with Gasteiger partial charge in [-0.05, 0) is 39.0 Å². The topological polar surface area (TPSA) is 53.3 Å². The van der Waals surface area contributed by atoms with Crippen molar-refractivity contribution in [1.29, 1.82) is 5.26 Å². The van der Waals surface area contributed by atoms with Crippen molar-refractivity contribution in [3.05, 3.63) is 29.3 Å². The number of ether oxygens (including phenoxy) is 1. The molecule has 0 fully saturated rings. The number of hydrogen-bond acceptors (Lipinski definition) is 4. The maximum Gasteiger partial charge on any atom is 0.417 e. The van der Waals surface area contributed by atoms with Crippen LogP contribution in [0, 0.1) is 11.3 Å². The summed E-state index contributed by atoms with van der Waals surface area (Å²) in [7, 11) is 0. The first-order chi connectivity index (χ1) is 12.1. The third kappa shape index (κ3) is 7.76. The number of rotatable bonds is 5. The van der Waals surface area contributed by atoms with Crippen molar-refractivity contribution in [2.45, 2.75) is 45.1 Å². The molecule has 0 heterocycles. The number of anilines is 1. The van der Waals surface area contributed by atoms with Crippen LogP contribution in [0.2, 0.25) is 0 Å². The highest BCUT2D eigenvalue weighted by Gasteiger charge is 2.35. The Bertz CT molecular complexity index is 714. The molecule has 0 saturated heterocycles. The normalized spacial score (nSPS) is 12.4. The lowest BCUT2D eigenvalue weighted by Crippen LogP contribution is -2.37. The van der Waals surface area contributed by atoms with Crippen molar-refractivity contribution in [2.75, 3.05) is 18.0 Å². The van der Waals surface area contributed by atoms with E-state index in [2.05, 4.69) is 0 Å². The van der Waals surface area contributed by atoms with Gasteiger partial charge in [0.2, 0.25) is 0 Å². The molecular formula is C17H18F6N2O2. The van der Waals surface area contributed by atoms with Gasteiger partial charge in [-0.3, -0.25) is 4.79 Å². The van der Waals surface area contributed by atoms with Crippen LogP contribution in [0.15, 0.2) is 18.2 Å². The number of alkyl halides is 6. The maximum absolute atomic E-state index is 13.1. The molecule has 1 aromatic carbocycles. The quantitative estimate of drug-likeness (QED) is 0.536. The summed E-state index contributed by atoms with van der Waals surface area (Å²) in [6, 6.07) is 3.86. The van der Waals surface area contributed by atoms with E-state index in [4.69, 9.17) is 10.00 Å². The Morgan fingerprint density at radius 3 is 2.19 bits per heavy atom. The monoisotopic (exact) mass is 396 g/mol. The van der Waals surface area contributed by atoms with E-state index in [0.29, 0.717) is 6.07 Å². The summed E-state index contributed by atoms with van der Waals surface area (Å²) in [5.41, 5.74) is -3.13. The zero-order valence-corrected chi connectivity index (χ0v) is 14.8. The Balaban J connectivity index is 3.22. The summed E-state index contributed by atoms with van der Waals surface area (Å²) in [5, 5.41) is 8.81. The van der Waals surface area contributed by atoms with Crippen LogP contribution in [0.3, 0.4) is 0 Å². The summed E-state index contributed by atoms with van der Waals surface area (Å²) in [6.45, 7) is 3.24. The number of esters is 1. The number of carbonyl (C=O) groups is 1. The van der Waals surface area contributed by atoms with Crippen LogP contribution in [0.5, 0.6) is 0 Å². The second-order valence-corrected chi connectivity index (χ2v) is 6.71. The van der Waals surface area contributed by atoms with Gasteiger partial charge in [0.25, 0.3) is 0 Å². The minimum atomic E-state index is -4.87. The van der Waals surface area contributed by atoms with Crippen LogP contribution in [0.25, 0.3) is 0 Å². The van der Waals surface area contributed by atoms with Crippen molar-refractivity contribution in [3.63, 3.8) is 0 Å². The van der Waals surface area contributed by atoms with Crippen LogP contribution in [0.1, 0.15) is 38.3 Å². The SMILES string of the molecule is CC(C)(C)OC(=O)CN(CCC(F)(F)F)c1ccc(C#N)c(C(F)(F)F)c1. The molecule has 1 aromatic rings. The zero-order valence-electron chi connectivity index (χ0n) is 14.8. The van der Waals surface area contributed by atoms with Gasteiger partial charge in [0, 0.05) is 12.2 Å². The van der Waals surface area contributed by atoms with Gasteiger partial charge < -0.3 is 9.64 Å². The van der Waals surface area contributed by atoms with E-state index < -0.39 is 54.6 Å². The molecule has 0 unspecified atom stereocenters. The molecule has 0 atom stereocenters. The summed E-state index contributed by atoms with van der Waals surface area (Å²) < 4.78 is 82.0. The van der Waals surface area contributed by atoms with Gasteiger partial charge in [-0.15, -0.1) is 0 Å². The van der Waals surface area contributed by atoms with E-state index in [1.165, 1.54) is 6.07 Å². The molecule has 1 rings (SSSR count). The van der Waals surface area contributed by atoms with E-state index in [-0.39, 0.29) is 5.69 Å². The van der Waals surface area contributed by atoms with Gasteiger partial charge in [-0.2, -0.15) is 31.6 Å². The first-order valence-corrected chi connectivity index (χ1v) is 7.77. The standard InChI is InChI=1S/C17H18F6N2O2/c1-15(2,3)27-14(26)10-25(7-6-16(18,19)20)12-5-4-11(9-24)13(8-12)17(21,22)23/h4-5,8H,6-7,10H2,1-3H3. The van der Waals surface area contributed by atoms with Gasteiger partial charge in [-0.1, -0.05) is 0 Å². The van der Waals surface area contributed by atoms with Crippen molar-refractivity contribution in [1.82, 2.24) is 0 Å². The Hall–Kier alpha value is -2.44. The summed E-state index contributed by atoms with van der Waals surface area (Å²) in [5.74, 6) is -0.886. The third-order valence-corrected chi connectivity index (χ3v) is 3.20. The lowest BCUT2D eigenvalue weighted by molar-refractivity contribution is -0.153. The smallest absolute Gasteiger partial charge is 0.417 e. The van der Waals surface area contributed by atoms with Crippen LogP contribution < -0.4 is 4.90 Å². The number of carbonyl (C=O) groups excluding carboxylic acids is 1. The Labute approximate surface area is 152 Å². The lowest BCUT2D eigenvalue weighted by atomic mass is 10.1. The number of hydrogen-bond donors (Lipinski definition) is 0. The fraction of sp³-hybridized carbons (Fsp3) is 0.529. The summed E-state index contributed by atoms with van der Waals surface area (Å²) in [6.07, 6.45) is -10.8. The molecule has 150 valence electrons. The van der Waals surface area contributed by atoms with Gasteiger partial charge >= 0.3 is 18.3 Å². The Kier molecular flexibility index (Phi) is 6.75. The number of nitriles is 1. The molecule has 0 aliphatic carbocycles. The van der Waals surface area contributed by atoms with Crippen LogP contribution in [0.4, 0.5) is 32.0 Å². The van der Waals surface area contributed by atoms with Crippen LogP contribution >= 0.6 is 0 Å². The molecule has 0 aliphatic rings. The van der Waals surface area contributed by atoms with Crippen molar-refractivity contribution in [2.24, 2.45) is 0 Å². The highest BCUT2D eigenvalue weighted by Crippen LogP contribution is 2.35. The summed E-state index contributed by atoms with van der Waals surface area (Å²) in [4.78, 5) is 12.8. The van der Waals surface area contributed by atoms with Crippen molar-refractivity contribution in [3.8, 4) is 6.07 Å². The molecule has 0 aliphatic heterocycles. The van der Waals surface area contributed by atoms with Crippen LogP contribution in [-0.2, 0) is 15.7 Å². The van der Waals surface area contributed by atoms with Crippen molar-refractivity contribution < 1.29 is 35.9 Å². The van der Waals surface area contributed by atoms with E-state index in [0.717, 1.165) is 17.0 Å². The minimum Gasteiger partial charge on any atom is -0.459 e. The van der Waals surface area contributed by atoms with Crippen LogP contribution in [-0.4, -0.2) is 30.8 Å². The molecule has 0 saturated carbocycles. The number of benzene rings is 1. The average Bonchev–Trinajstić information content (AvgIpc) is 2.47. The fourth-order valence-electron chi connectivity index (χ4n) is 2.15. The highest BCUT2D eigenvalue weighted by molar-refractivity contribution is 5.76. The first-order valence-electron chi connectivity index (χ1n) is 7.77. The Morgan fingerprint density at radius 2 is 1.74 bits per heavy atom. The number of halogens is 6. The van der Waals surface area contributed by atoms with E-state index in [1.54, 1.807) is 20.8 Å². The van der Waals surface area contributed by atoms with Gasteiger partial charge in [0.15, 0.2) is 0 Å². The maximum atomic E-state index is 13.1. The number of nitrogens with zero attached hydrogens (tertiary/aromatic N) is 2. The first kappa shape index (κ1) is 22.6. The molecule has 0 bridgehead atoms. The van der Waals surface area contributed by atoms with Gasteiger partial charge in [0.05, 0.1) is 23.6 Å². The molecule has 0 N–H and O–H groups in total. The lowest BCUT2D eigenvalue weighted by Gasteiger charge is -2.27. The third-order valence-electron chi connectivity index (χ3n) is 3.20. The van der Waals surface area contributed by atoms with E-state index in [9.17, 15) is 31.1 Å². The molecule has 0 spiro atoms. The Morgan fingerprint density at radius 1 is 1.15 bits per heavy atom. The van der Waals surface area contributed by atoms with E-state index in [1.807, 2.05) is 0 Å². The molecule has 0 aromatic heterocycles. The molecule has 27 heavy (non-hydrogen) atoms. The van der Waals surface area contributed by atoms with E-state index >= 15 is 0 Å². The van der Waals surface area contributed by atoms with Crippen molar-refractivity contribution >= 4 is 11.7 Å². The van der Waals surface area contributed by atoms with Gasteiger partial charge in [0.1, 0.15) is 12.1 Å². The second kappa shape index (κ2) is 8.06. The zero-order chi connectivity index (χ0) is 21.0.